The second kappa shape index (κ2) is 10.8. The predicted octanol–water partition coefficient (Wildman–Crippen LogP) is 4.71. The molecule has 1 amide bonds. The molecule has 0 bridgehead atoms. The first-order valence-corrected chi connectivity index (χ1v) is 10.3. The lowest BCUT2D eigenvalue weighted by atomic mass is 10.0. The standard InChI is InChI=1S/C24H25ClN2O7/c1-29-17-8-15(9-18(30-2)21(17)32-4)27-24(28)14-7-13(11-26-12-14)16-10-19(31-3)22(33-5)23(34-6)20(16)25/h7-12H,1-6H3,(H,27,28). The number of hydrogen-bond donors (Lipinski definition) is 1. The molecule has 180 valence electrons. The fraction of sp³-hybridized carbons (Fsp3) is 0.250. The van der Waals surface area contributed by atoms with Gasteiger partial charge in [-0.05, 0) is 12.1 Å². The molecule has 0 radical (unpaired) electrons. The molecule has 10 heteroatoms. The Morgan fingerprint density at radius 2 is 1.29 bits per heavy atom. The maximum absolute atomic E-state index is 13.0. The normalized spacial score (nSPS) is 10.3. The van der Waals surface area contributed by atoms with Crippen LogP contribution in [0.25, 0.3) is 11.1 Å². The van der Waals surface area contributed by atoms with Crippen LogP contribution in [0.5, 0.6) is 34.5 Å². The number of anilines is 1. The van der Waals surface area contributed by atoms with E-state index in [0.717, 1.165) is 0 Å². The molecule has 3 rings (SSSR count). The molecule has 0 aliphatic heterocycles. The molecule has 1 N–H and O–H groups in total. The Hall–Kier alpha value is -3.85. The highest BCUT2D eigenvalue weighted by atomic mass is 35.5. The number of benzene rings is 2. The number of halogens is 1. The predicted molar refractivity (Wildman–Crippen MR) is 128 cm³/mol. The van der Waals surface area contributed by atoms with Gasteiger partial charge >= 0.3 is 0 Å². The molecular formula is C24H25ClN2O7. The number of amides is 1. The van der Waals surface area contributed by atoms with Crippen molar-refractivity contribution in [3.8, 4) is 45.6 Å². The highest BCUT2D eigenvalue weighted by Gasteiger charge is 2.21. The first-order chi connectivity index (χ1) is 16.4. The van der Waals surface area contributed by atoms with Gasteiger partial charge in [0.15, 0.2) is 23.0 Å². The zero-order valence-corrected chi connectivity index (χ0v) is 20.4. The minimum absolute atomic E-state index is 0.295. The summed E-state index contributed by atoms with van der Waals surface area (Å²) in [4.78, 5) is 17.2. The van der Waals surface area contributed by atoms with Gasteiger partial charge in [0, 0.05) is 41.3 Å². The first kappa shape index (κ1) is 24.8. The average molecular weight is 489 g/mol. The smallest absolute Gasteiger partial charge is 0.257 e. The van der Waals surface area contributed by atoms with Crippen molar-refractivity contribution < 1.29 is 33.2 Å². The van der Waals surface area contributed by atoms with E-state index in [4.69, 9.17) is 40.0 Å². The van der Waals surface area contributed by atoms with Crippen molar-refractivity contribution in [2.45, 2.75) is 0 Å². The van der Waals surface area contributed by atoms with E-state index in [1.165, 1.54) is 48.9 Å². The number of nitrogens with one attached hydrogen (secondary N) is 1. The Labute approximate surface area is 202 Å². The van der Waals surface area contributed by atoms with Crippen LogP contribution in [-0.2, 0) is 0 Å². The third-order valence-corrected chi connectivity index (χ3v) is 5.38. The average Bonchev–Trinajstić information content (AvgIpc) is 2.87. The summed E-state index contributed by atoms with van der Waals surface area (Å²) in [5, 5.41) is 3.11. The maximum atomic E-state index is 13.0. The van der Waals surface area contributed by atoms with Gasteiger partial charge in [-0.25, -0.2) is 0 Å². The summed E-state index contributed by atoms with van der Waals surface area (Å²) in [7, 11) is 8.98. The Morgan fingerprint density at radius 1 is 0.735 bits per heavy atom. The highest BCUT2D eigenvalue weighted by molar-refractivity contribution is 6.35. The molecule has 2 aromatic carbocycles. The summed E-state index contributed by atoms with van der Waals surface area (Å²) < 4.78 is 32.2. The van der Waals surface area contributed by atoms with Crippen molar-refractivity contribution in [1.29, 1.82) is 0 Å². The quantitative estimate of drug-likeness (QED) is 0.462. The molecule has 0 aliphatic carbocycles. The van der Waals surface area contributed by atoms with Crippen LogP contribution >= 0.6 is 11.6 Å². The summed E-state index contributed by atoms with van der Waals surface area (Å²) in [5.74, 6) is 1.94. The number of aromatic nitrogens is 1. The van der Waals surface area contributed by atoms with E-state index in [-0.39, 0.29) is 0 Å². The van der Waals surface area contributed by atoms with E-state index in [1.54, 1.807) is 30.5 Å². The number of rotatable bonds is 9. The van der Waals surface area contributed by atoms with Crippen LogP contribution in [-0.4, -0.2) is 53.5 Å². The minimum Gasteiger partial charge on any atom is -0.493 e. The maximum Gasteiger partial charge on any atom is 0.257 e. The van der Waals surface area contributed by atoms with Crippen LogP contribution < -0.4 is 33.7 Å². The van der Waals surface area contributed by atoms with E-state index in [9.17, 15) is 4.79 Å². The fourth-order valence-corrected chi connectivity index (χ4v) is 3.73. The van der Waals surface area contributed by atoms with E-state index < -0.39 is 5.91 Å². The topological polar surface area (TPSA) is 97.4 Å². The van der Waals surface area contributed by atoms with Gasteiger partial charge in [-0.3, -0.25) is 9.78 Å². The van der Waals surface area contributed by atoms with Crippen LogP contribution in [0.15, 0.2) is 36.7 Å². The largest absolute Gasteiger partial charge is 0.493 e. The number of ether oxygens (including phenoxy) is 6. The molecule has 0 fully saturated rings. The summed E-state index contributed by atoms with van der Waals surface area (Å²) in [6.07, 6.45) is 3.03. The van der Waals surface area contributed by atoms with Gasteiger partial charge in [0.05, 0.1) is 53.2 Å². The van der Waals surface area contributed by atoms with Crippen molar-refractivity contribution in [1.82, 2.24) is 4.98 Å². The number of hydrogen-bond acceptors (Lipinski definition) is 8. The molecule has 0 atom stereocenters. The fourth-order valence-electron chi connectivity index (χ4n) is 3.40. The lowest BCUT2D eigenvalue weighted by molar-refractivity contribution is 0.102. The molecule has 34 heavy (non-hydrogen) atoms. The molecular weight excluding hydrogens is 464 g/mol. The van der Waals surface area contributed by atoms with Crippen molar-refractivity contribution >= 4 is 23.2 Å². The molecule has 0 saturated carbocycles. The summed E-state index contributed by atoms with van der Waals surface area (Å²) in [6.45, 7) is 0. The SMILES string of the molecule is COc1cc(NC(=O)c2cncc(-c3cc(OC)c(OC)c(OC)c3Cl)c2)cc(OC)c1OC. The molecule has 3 aromatic rings. The number of pyridine rings is 1. The van der Waals surface area contributed by atoms with Crippen LogP contribution in [0, 0.1) is 0 Å². The number of methoxy groups -OCH3 is 6. The van der Waals surface area contributed by atoms with E-state index in [0.29, 0.717) is 61.9 Å². The zero-order chi connectivity index (χ0) is 24.8. The van der Waals surface area contributed by atoms with Crippen molar-refractivity contribution in [2.24, 2.45) is 0 Å². The summed E-state index contributed by atoms with van der Waals surface area (Å²) >= 11 is 6.58. The third kappa shape index (κ3) is 4.74. The Kier molecular flexibility index (Phi) is 7.91. The van der Waals surface area contributed by atoms with Crippen LogP contribution in [0.4, 0.5) is 5.69 Å². The third-order valence-electron chi connectivity index (χ3n) is 5.00. The van der Waals surface area contributed by atoms with Gasteiger partial charge in [0.1, 0.15) is 0 Å². The first-order valence-electron chi connectivity index (χ1n) is 9.97. The summed E-state index contributed by atoms with van der Waals surface area (Å²) in [6, 6.07) is 6.62. The van der Waals surface area contributed by atoms with Gasteiger partial charge < -0.3 is 33.7 Å². The number of nitrogens with zero attached hydrogens (tertiary/aromatic N) is 1. The van der Waals surface area contributed by atoms with Gasteiger partial charge in [-0.1, -0.05) is 11.6 Å². The monoisotopic (exact) mass is 488 g/mol. The number of carbonyl (C=O) groups excluding carboxylic acids is 1. The molecule has 9 nitrogen and oxygen atoms in total. The van der Waals surface area contributed by atoms with Crippen molar-refractivity contribution in [3.63, 3.8) is 0 Å². The molecule has 0 unspecified atom stereocenters. The number of carbonyl (C=O) groups is 1. The van der Waals surface area contributed by atoms with Gasteiger partial charge in [-0.15, -0.1) is 0 Å². The minimum atomic E-state index is -0.396. The van der Waals surface area contributed by atoms with Gasteiger partial charge in [0.2, 0.25) is 11.5 Å². The second-order valence-electron chi connectivity index (χ2n) is 6.84. The van der Waals surface area contributed by atoms with Gasteiger partial charge in [-0.2, -0.15) is 0 Å². The molecule has 1 heterocycles. The Bertz CT molecular complexity index is 1180. The second-order valence-corrected chi connectivity index (χ2v) is 7.22. The van der Waals surface area contributed by atoms with Crippen molar-refractivity contribution in [2.75, 3.05) is 48.0 Å². The molecule has 0 spiro atoms. The van der Waals surface area contributed by atoms with Crippen LogP contribution in [0.1, 0.15) is 10.4 Å². The lowest BCUT2D eigenvalue weighted by Gasteiger charge is -2.17. The Morgan fingerprint density at radius 3 is 1.82 bits per heavy atom. The zero-order valence-electron chi connectivity index (χ0n) is 19.6. The highest BCUT2D eigenvalue weighted by Crippen LogP contribution is 2.48. The van der Waals surface area contributed by atoms with E-state index in [1.807, 2.05) is 0 Å². The van der Waals surface area contributed by atoms with Crippen LogP contribution in [0.3, 0.4) is 0 Å². The van der Waals surface area contributed by atoms with E-state index in [2.05, 4.69) is 10.3 Å². The summed E-state index contributed by atoms with van der Waals surface area (Å²) in [5.41, 5.74) is 1.90. The van der Waals surface area contributed by atoms with E-state index >= 15 is 0 Å². The van der Waals surface area contributed by atoms with Gasteiger partial charge in [0.25, 0.3) is 5.91 Å². The molecule has 1 aromatic heterocycles. The molecule has 0 aliphatic rings. The lowest BCUT2D eigenvalue weighted by Crippen LogP contribution is -2.12. The molecule has 0 saturated heterocycles. The van der Waals surface area contributed by atoms with Crippen molar-refractivity contribution in [3.05, 3.63) is 47.2 Å². The Balaban J connectivity index is 1.99. The van der Waals surface area contributed by atoms with Crippen LogP contribution in [0.2, 0.25) is 5.02 Å².